The van der Waals surface area contributed by atoms with E-state index in [4.69, 9.17) is 14.2 Å². The summed E-state index contributed by atoms with van der Waals surface area (Å²) in [5.74, 6) is 1.61. The molecule has 3 heterocycles. The average Bonchev–Trinajstić information content (AvgIpc) is 2.62. The molecule has 4 rings (SSSR count). The van der Waals surface area contributed by atoms with E-state index in [0.717, 1.165) is 44.8 Å². The van der Waals surface area contributed by atoms with Crippen LogP contribution >= 0.6 is 0 Å². The fraction of sp³-hybridized carbons (Fsp3) is 0.450. The minimum atomic E-state index is -0.0590. The highest BCUT2D eigenvalue weighted by atomic mass is 16.5. The smallest absolute Gasteiger partial charge is 0.213 e. The van der Waals surface area contributed by atoms with Gasteiger partial charge in [0.1, 0.15) is 11.9 Å². The van der Waals surface area contributed by atoms with Crippen LogP contribution in [0, 0.1) is 0 Å². The van der Waals surface area contributed by atoms with Gasteiger partial charge in [-0.05, 0) is 23.8 Å². The summed E-state index contributed by atoms with van der Waals surface area (Å²) in [6.07, 6.45) is 3.80. The third-order valence-corrected chi connectivity index (χ3v) is 4.94. The quantitative estimate of drug-likeness (QED) is 0.837. The maximum absolute atomic E-state index is 6.12. The van der Waals surface area contributed by atoms with Gasteiger partial charge >= 0.3 is 0 Å². The van der Waals surface area contributed by atoms with E-state index in [0.29, 0.717) is 5.88 Å². The largest absolute Gasteiger partial charge is 0.497 e. The molecule has 1 aromatic carbocycles. The topological polar surface area (TPSA) is 43.8 Å². The van der Waals surface area contributed by atoms with Crippen molar-refractivity contribution in [2.45, 2.75) is 31.1 Å². The van der Waals surface area contributed by atoms with Crippen LogP contribution in [-0.4, -0.2) is 48.4 Å². The van der Waals surface area contributed by atoms with Crippen molar-refractivity contribution >= 4 is 0 Å². The summed E-state index contributed by atoms with van der Waals surface area (Å²) < 4.78 is 17.5. The van der Waals surface area contributed by atoms with Crippen molar-refractivity contribution in [3.8, 4) is 11.6 Å². The van der Waals surface area contributed by atoms with Crippen LogP contribution in [0.3, 0.4) is 0 Å². The highest BCUT2D eigenvalue weighted by Crippen LogP contribution is 2.36. The van der Waals surface area contributed by atoms with Crippen LogP contribution in [0.15, 0.2) is 48.7 Å². The van der Waals surface area contributed by atoms with E-state index in [1.54, 1.807) is 13.3 Å². The third kappa shape index (κ3) is 3.78. The monoisotopic (exact) mass is 340 g/mol. The first kappa shape index (κ1) is 16.4. The number of likely N-dealkylation sites (tertiary alicyclic amines) is 1. The van der Waals surface area contributed by atoms with Gasteiger partial charge in [-0.2, -0.15) is 0 Å². The summed E-state index contributed by atoms with van der Waals surface area (Å²) in [6, 6.07) is 14.0. The Morgan fingerprint density at radius 2 is 2.16 bits per heavy atom. The molecule has 0 bridgehead atoms. The Morgan fingerprint density at radius 1 is 1.24 bits per heavy atom. The Kier molecular flexibility index (Phi) is 4.59. The molecule has 2 aromatic rings. The molecule has 25 heavy (non-hydrogen) atoms. The maximum Gasteiger partial charge on any atom is 0.213 e. The van der Waals surface area contributed by atoms with E-state index in [1.807, 2.05) is 30.3 Å². The lowest BCUT2D eigenvalue weighted by molar-refractivity contribution is -0.188. The predicted molar refractivity (Wildman–Crippen MR) is 94.8 cm³/mol. The SMILES string of the molecule is COc1cccc(CN2CC3(C[C@H](Oc4ccccn4)CCO3)C2)c1. The van der Waals surface area contributed by atoms with Crippen LogP contribution in [0.25, 0.3) is 0 Å². The van der Waals surface area contributed by atoms with Crippen LogP contribution in [-0.2, 0) is 11.3 Å². The molecule has 0 aliphatic carbocycles. The third-order valence-electron chi connectivity index (χ3n) is 4.94. The van der Waals surface area contributed by atoms with E-state index in [9.17, 15) is 0 Å². The van der Waals surface area contributed by atoms with Gasteiger partial charge in [0.25, 0.3) is 0 Å². The molecule has 0 radical (unpaired) electrons. The molecule has 1 atom stereocenters. The lowest BCUT2D eigenvalue weighted by atomic mass is 9.84. The summed E-state index contributed by atoms with van der Waals surface area (Å²) in [6.45, 7) is 3.58. The normalized spacial score (nSPS) is 22.4. The molecule has 2 saturated heterocycles. The first-order valence-corrected chi connectivity index (χ1v) is 8.82. The van der Waals surface area contributed by atoms with Gasteiger partial charge in [0.05, 0.1) is 19.3 Å². The van der Waals surface area contributed by atoms with Crippen LogP contribution < -0.4 is 9.47 Å². The number of hydrogen-bond acceptors (Lipinski definition) is 5. The van der Waals surface area contributed by atoms with Gasteiger partial charge in [-0.1, -0.05) is 18.2 Å². The van der Waals surface area contributed by atoms with Gasteiger partial charge in [-0.25, -0.2) is 4.98 Å². The summed E-state index contributed by atoms with van der Waals surface area (Å²) in [4.78, 5) is 6.68. The highest BCUT2D eigenvalue weighted by Gasteiger charge is 2.48. The molecule has 0 amide bonds. The fourth-order valence-electron chi connectivity index (χ4n) is 3.80. The minimum Gasteiger partial charge on any atom is -0.497 e. The Labute approximate surface area is 148 Å². The van der Waals surface area contributed by atoms with E-state index < -0.39 is 0 Å². The molecule has 2 aliphatic heterocycles. The van der Waals surface area contributed by atoms with Crippen molar-refractivity contribution < 1.29 is 14.2 Å². The second kappa shape index (κ2) is 7.02. The highest BCUT2D eigenvalue weighted by molar-refractivity contribution is 5.28. The van der Waals surface area contributed by atoms with Gasteiger partial charge in [-0.15, -0.1) is 0 Å². The maximum atomic E-state index is 6.12. The summed E-state index contributed by atoms with van der Waals surface area (Å²) in [7, 11) is 1.70. The zero-order valence-electron chi connectivity index (χ0n) is 14.6. The number of methoxy groups -OCH3 is 1. The van der Waals surface area contributed by atoms with Crippen molar-refractivity contribution in [1.29, 1.82) is 0 Å². The van der Waals surface area contributed by atoms with Crippen molar-refractivity contribution in [1.82, 2.24) is 9.88 Å². The number of ether oxygens (including phenoxy) is 3. The van der Waals surface area contributed by atoms with Gasteiger partial charge in [0.2, 0.25) is 5.88 Å². The van der Waals surface area contributed by atoms with E-state index in [1.165, 1.54) is 5.56 Å². The molecule has 0 N–H and O–H groups in total. The molecule has 0 saturated carbocycles. The van der Waals surface area contributed by atoms with E-state index >= 15 is 0 Å². The lowest BCUT2D eigenvalue weighted by Gasteiger charge is -2.53. The number of rotatable bonds is 5. The van der Waals surface area contributed by atoms with Gasteiger partial charge in [0.15, 0.2) is 0 Å². The second-order valence-electron chi connectivity index (χ2n) is 6.93. The zero-order valence-corrected chi connectivity index (χ0v) is 14.6. The molecule has 2 fully saturated rings. The number of nitrogens with zero attached hydrogens (tertiary/aromatic N) is 2. The minimum absolute atomic E-state index is 0.0590. The van der Waals surface area contributed by atoms with Crippen molar-refractivity contribution in [2.75, 3.05) is 26.8 Å². The molecular formula is C20H24N2O3. The van der Waals surface area contributed by atoms with Crippen LogP contribution in [0.4, 0.5) is 0 Å². The first-order chi connectivity index (χ1) is 12.2. The summed E-state index contributed by atoms with van der Waals surface area (Å²) >= 11 is 0. The zero-order chi connectivity index (χ0) is 17.1. The number of hydrogen-bond donors (Lipinski definition) is 0. The molecular weight excluding hydrogens is 316 g/mol. The van der Waals surface area contributed by atoms with Gasteiger partial charge < -0.3 is 14.2 Å². The Balaban J connectivity index is 1.32. The molecule has 1 aromatic heterocycles. The Bertz CT molecular complexity index is 701. The number of benzene rings is 1. The lowest BCUT2D eigenvalue weighted by Crippen LogP contribution is -2.65. The van der Waals surface area contributed by atoms with Crippen molar-refractivity contribution in [3.05, 3.63) is 54.2 Å². The van der Waals surface area contributed by atoms with Gasteiger partial charge in [-0.3, -0.25) is 4.90 Å². The number of pyridine rings is 1. The Morgan fingerprint density at radius 3 is 2.96 bits per heavy atom. The molecule has 5 nitrogen and oxygen atoms in total. The van der Waals surface area contributed by atoms with Gasteiger partial charge in [0, 0.05) is 44.7 Å². The predicted octanol–water partition coefficient (Wildman–Crippen LogP) is 2.90. The fourth-order valence-corrected chi connectivity index (χ4v) is 3.80. The second-order valence-corrected chi connectivity index (χ2v) is 6.93. The summed E-state index contributed by atoms with van der Waals surface area (Å²) in [5, 5.41) is 0. The molecule has 132 valence electrons. The van der Waals surface area contributed by atoms with Crippen LogP contribution in [0.5, 0.6) is 11.6 Å². The number of aromatic nitrogens is 1. The summed E-state index contributed by atoms with van der Waals surface area (Å²) in [5.41, 5.74) is 1.21. The standard InChI is InChI=1S/C20H24N2O3/c1-23-17-6-4-5-16(11-17)13-22-14-20(15-22)12-18(8-10-24-20)25-19-7-2-3-9-21-19/h2-7,9,11,18H,8,10,12-15H2,1H3/t18-/m1/s1. The average molecular weight is 340 g/mol. The van der Waals surface area contributed by atoms with Crippen molar-refractivity contribution in [2.24, 2.45) is 0 Å². The van der Waals surface area contributed by atoms with Crippen LogP contribution in [0.1, 0.15) is 18.4 Å². The molecule has 0 unspecified atom stereocenters. The van der Waals surface area contributed by atoms with E-state index in [2.05, 4.69) is 22.0 Å². The molecule has 2 aliphatic rings. The Hall–Kier alpha value is -2.11. The van der Waals surface area contributed by atoms with E-state index in [-0.39, 0.29) is 11.7 Å². The first-order valence-electron chi connectivity index (χ1n) is 8.82. The van der Waals surface area contributed by atoms with Crippen LogP contribution in [0.2, 0.25) is 0 Å². The molecule has 1 spiro atoms. The van der Waals surface area contributed by atoms with Crippen molar-refractivity contribution in [3.63, 3.8) is 0 Å². The molecule has 5 heteroatoms.